The molecule has 1 amide bonds. The minimum Gasteiger partial charge on any atom is -0.469 e. The number of ether oxygens (including phenoxy) is 4. The van der Waals surface area contributed by atoms with Crippen molar-refractivity contribution in [3.05, 3.63) is 0 Å². The summed E-state index contributed by atoms with van der Waals surface area (Å²) >= 11 is 0. The second-order valence-corrected chi connectivity index (χ2v) is 3.80. The minimum atomic E-state index is -0.905. The summed E-state index contributed by atoms with van der Waals surface area (Å²) in [5, 5.41) is 2.44. The first-order valence-electron chi connectivity index (χ1n) is 6.05. The van der Waals surface area contributed by atoms with Crippen molar-refractivity contribution in [2.45, 2.75) is 18.9 Å². The van der Waals surface area contributed by atoms with Gasteiger partial charge in [-0.2, -0.15) is 0 Å². The number of hydrogen-bond acceptors (Lipinski definition) is 7. The van der Waals surface area contributed by atoms with E-state index in [1.807, 2.05) is 0 Å². The number of rotatable bonds is 10. The summed E-state index contributed by atoms with van der Waals surface area (Å²) in [6, 6.07) is -0.905. The molecule has 0 unspecified atom stereocenters. The van der Waals surface area contributed by atoms with Crippen molar-refractivity contribution in [3.63, 3.8) is 0 Å². The molecule has 8 nitrogen and oxygen atoms in total. The normalized spacial score (nSPS) is 11.6. The van der Waals surface area contributed by atoms with E-state index in [9.17, 15) is 14.4 Å². The maximum absolute atomic E-state index is 11.6. The van der Waals surface area contributed by atoms with E-state index in [1.54, 1.807) is 0 Å². The molecule has 0 saturated carbocycles. The zero-order valence-corrected chi connectivity index (χ0v) is 12.0. The van der Waals surface area contributed by atoms with E-state index in [2.05, 4.69) is 14.8 Å². The van der Waals surface area contributed by atoms with Crippen LogP contribution in [0.2, 0.25) is 0 Å². The molecule has 116 valence electrons. The molecule has 0 spiro atoms. The molecule has 0 radical (unpaired) electrons. The van der Waals surface area contributed by atoms with Crippen molar-refractivity contribution >= 4 is 17.8 Å². The Morgan fingerprint density at radius 2 is 1.75 bits per heavy atom. The number of esters is 2. The van der Waals surface area contributed by atoms with E-state index in [1.165, 1.54) is 21.3 Å². The highest BCUT2D eigenvalue weighted by Crippen LogP contribution is 2.01. The maximum atomic E-state index is 11.6. The molecular formula is C12H21NO7. The Morgan fingerprint density at radius 3 is 2.30 bits per heavy atom. The van der Waals surface area contributed by atoms with E-state index in [-0.39, 0.29) is 26.1 Å². The molecule has 0 aromatic carbocycles. The summed E-state index contributed by atoms with van der Waals surface area (Å²) in [6.45, 7) is 0.445. The predicted octanol–water partition coefficient (Wildman–Crippen LogP) is -0.740. The first kappa shape index (κ1) is 18.3. The fraction of sp³-hybridized carbons (Fsp3) is 0.750. The van der Waals surface area contributed by atoms with Gasteiger partial charge < -0.3 is 24.3 Å². The molecule has 8 heteroatoms. The number of carbonyl (C=O) groups is 3. The summed E-state index contributed by atoms with van der Waals surface area (Å²) in [5.74, 6) is -1.56. The fourth-order valence-corrected chi connectivity index (χ4v) is 1.30. The molecule has 1 atom stereocenters. The smallest absolute Gasteiger partial charge is 0.328 e. The van der Waals surface area contributed by atoms with Gasteiger partial charge in [0.25, 0.3) is 0 Å². The number of methoxy groups -OCH3 is 3. The molecule has 0 aliphatic heterocycles. The molecule has 0 aromatic heterocycles. The summed E-state index contributed by atoms with van der Waals surface area (Å²) in [5.41, 5.74) is 0. The molecule has 0 aromatic rings. The summed E-state index contributed by atoms with van der Waals surface area (Å²) in [7, 11) is 3.97. The Labute approximate surface area is 117 Å². The molecular weight excluding hydrogens is 270 g/mol. The van der Waals surface area contributed by atoms with Gasteiger partial charge in [0.2, 0.25) is 5.91 Å². The summed E-state index contributed by atoms with van der Waals surface area (Å²) in [6.07, 6.45) is 0.101. The molecule has 20 heavy (non-hydrogen) atoms. The third-order valence-corrected chi connectivity index (χ3v) is 2.35. The van der Waals surface area contributed by atoms with Crippen molar-refractivity contribution in [3.8, 4) is 0 Å². The Morgan fingerprint density at radius 1 is 1.05 bits per heavy atom. The minimum absolute atomic E-state index is 0.00107. The van der Waals surface area contributed by atoms with Gasteiger partial charge in [0.05, 0.1) is 27.4 Å². The van der Waals surface area contributed by atoms with Gasteiger partial charge in [0.15, 0.2) is 0 Å². The van der Waals surface area contributed by atoms with Gasteiger partial charge in [0, 0.05) is 13.5 Å². The van der Waals surface area contributed by atoms with Crippen molar-refractivity contribution in [1.82, 2.24) is 5.32 Å². The van der Waals surface area contributed by atoms with Gasteiger partial charge in [-0.1, -0.05) is 0 Å². The lowest BCUT2D eigenvalue weighted by molar-refractivity contribution is -0.147. The van der Waals surface area contributed by atoms with E-state index >= 15 is 0 Å². The molecule has 0 saturated heterocycles. The molecule has 0 rings (SSSR count). The number of amides is 1. The van der Waals surface area contributed by atoms with Gasteiger partial charge in [-0.15, -0.1) is 0 Å². The highest BCUT2D eigenvalue weighted by atomic mass is 16.5. The SMILES string of the molecule is COCCOCC(=O)N[C@@H](CCC(=O)OC)C(=O)OC. The standard InChI is InChI=1S/C12H21NO7/c1-17-6-7-20-8-10(14)13-9(12(16)19-3)4-5-11(15)18-2/h9H,4-8H2,1-3H3,(H,13,14)/t9-/m0/s1. The lowest BCUT2D eigenvalue weighted by Crippen LogP contribution is -2.43. The number of carbonyl (C=O) groups excluding carboxylic acids is 3. The van der Waals surface area contributed by atoms with Crippen molar-refractivity contribution in [1.29, 1.82) is 0 Å². The van der Waals surface area contributed by atoms with Crippen LogP contribution in [0.4, 0.5) is 0 Å². The zero-order valence-electron chi connectivity index (χ0n) is 12.0. The van der Waals surface area contributed by atoms with Crippen LogP contribution < -0.4 is 5.32 Å². The van der Waals surface area contributed by atoms with Gasteiger partial charge in [-0.3, -0.25) is 9.59 Å². The molecule has 0 heterocycles. The van der Waals surface area contributed by atoms with E-state index in [4.69, 9.17) is 9.47 Å². The highest BCUT2D eigenvalue weighted by Gasteiger charge is 2.22. The molecule has 0 aliphatic rings. The van der Waals surface area contributed by atoms with Crippen LogP contribution in [0.3, 0.4) is 0 Å². The third kappa shape index (κ3) is 8.44. The van der Waals surface area contributed by atoms with Crippen molar-refractivity contribution in [2.75, 3.05) is 41.2 Å². The van der Waals surface area contributed by atoms with Crippen LogP contribution in [-0.4, -0.2) is 65.0 Å². The van der Waals surface area contributed by atoms with Crippen LogP contribution >= 0.6 is 0 Å². The van der Waals surface area contributed by atoms with Gasteiger partial charge >= 0.3 is 11.9 Å². The lowest BCUT2D eigenvalue weighted by Gasteiger charge is -2.15. The largest absolute Gasteiger partial charge is 0.469 e. The first-order chi connectivity index (χ1) is 9.54. The van der Waals surface area contributed by atoms with Crippen LogP contribution in [0.15, 0.2) is 0 Å². The third-order valence-electron chi connectivity index (χ3n) is 2.35. The van der Waals surface area contributed by atoms with E-state index in [0.29, 0.717) is 6.61 Å². The van der Waals surface area contributed by atoms with E-state index < -0.39 is 23.9 Å². The number of nitrogens with one attached hydrogen (secondary N) is 1. The van der Waals surface area contributed by atoms with E-state index in [0.717, 1.165) is 0 Å². The first-order valence-corrected chi connectivity index (χ1v) is 6.05. The van der Waals surface area contributed by atoms with Crippen molar-refractivity contribution < 1.29 is 33.3 Å². The van der Waals surface area contributed by atoms with Crippen LogP contribution in [0.5, 0.6) is 0 Å². The molecule has 0 fully saturated rings. The Balaban J connectivity index is 4.17. The fourth-order valence-electron chi connectivity index (χ4n) is 1.30. The van der Waals surface area contributed by atoms with Crippen LogP contribution in [0, 0.1) is 0 Å². The second-order valence-electron chi connectivity index (χ2n) is 3.80. The van der Waals surface area contributed by atoms with Crippen molar-refractivity contribution in [2.24, 2.45) is 0 Å². The summed E-state index contributed by atoms with van der Waals surface area (Å²) < 4.78 is 18.8. The second kappa shape index (κ2) is 11.2. The van der Waals surface area contributed by atoms with Crippen LogP contribution in [0.25, 0.3) is 0 Å². The van der Waals surface area contributed by atoms with Gasteiger partial charge in [-0.25, -0.2) is 4.79 Å². The zero-order chi connectivity index (χ0) is 15.4. The monoisotopic (exact) mass is 291 g/mol. The molecule has 0 aliphatic carbocycles. The number of hydrogen-bond donors (Lipinski definition) is 1. The Kier molecular flexibility index (Phi) is 10.2. The molecule has 1 N–H and O–H groups in total. The Bertz CT molecular complexity index is 319. The molecule has 0 bridgehead atoms. The predicted molar refractivity (Wildman–Crippen MR) is 67.9 cm³/mol. The Hall–Kier alpha value is -1.67. The van der Waals surface area contributed by atoms with Gasteiger partial charge in [-0.05, 0) is 6.42 Å². The van der Waals surface area contributed by atoms with Gasteiger partial charge in [0.1, 0.15) is 12.6 Å². The summed E-state index contributed by atoms with van der Waals surface area (Å²) in [4.78, 5) is 34.1. The van der Waals surface area contributed by atoms with Crippen LogP contribution in [0.1, 0.15) is 12.8 Å². The maximum Gasteiger partial charge on any atom is 0.328 e. The average Bonchev–Trinajstić information content (AvgIpc) is 2.46. The average molecular weight is 291 g/mol. The lowest BCUT2D eigenvalue weighted by atomic mass is 10.1. The topological polar surface area (TPSA) is 100 Å². The van der Waals surface area contributed by atoms with Crippen LogP contribution in [-0.2, 0) is 33.3 Å². The quantitative estimate of drug-likeness (QED) is 0.418. The highest BCUT2D eigenvalue weighted by molar-refractivity contribution is 5.85.